The number of carbonyl (C=O) groups excluding carboxylic acids is 1. The van der Waals surface area contributed by atoms with Gasteiger partial charge >= 0.3 is 6.16 Å². The molecule has 0 spiro atoms. The summed E-state index contributed by atoms with van der Waals surface area (Å²) in [5.41, 5.74) is 1.02. The number of rotatable bonds is 6. The monoisotopic (exact) mass is 236 g/mol. The van der Waals surface area contributed by atoms with Gasteiger partial charge in [0, 0.05) is 0 Å². The Morgan fingerprint density at radius 2 is 1.88 bits per heavy atom. The molecule has 0 amide bonds. The van der Waals surface area contributed by atoms with Gasteiger partial charge in [-0.05, 0) is 18.4 Å². The zero-order valence-corrected chi connectivity index (χ0v) is 10.5. The molecule has 94 valence electrons. The van der Waals surface area contributed by atoms with Crippen LogP contribution in [0.4, 0.5) is 4.79 Å². The van der Waals surface area contributed by atoms with E-state index in [1.54, 1.807) is 0 Å². The fourth-order valence-corrected chi connectivity index (χ4v) is 1.56. The topological polar surface area (TPSA) is 35.5 Å². The summed E-state index contributed by atoms with van der Waals surface area (Å²) in [6, 6.07) is 9.76. The highest BCUT2D eigenvalue weighted by Gasteiger charge is 2.16. The van der Waals surface area contributed by atoms with Crippen LogP contribution in [0.25, 0.3) is 0 Å². The summed E-state index contributed by atoms with van der Waals surface area (Å²) in [7, 11) is 0. The first-order valence-electron chi connectivity index (χ1n) is 6.16. The van der Waals surface area contributed by atoms with Crippen LogP contribution in [-0.4, -0.2) is 12.8 Å². The fourth-order valence-electron chi connectivity index (χ4n) is 1.56. The van der Waals surface area contributed by atoms with Crippen molar-refractivity contribution >= 4 is 6.16 Å². The van der Waals surface area contributed by atoms with Crippen LogP contribution in [0.1, 0.15) is 44.8 Å². The molecule has 1 unspecified atom stereocenters. The molecule has 0 aromatic heterocycles. The molecule has 3 heteroatoms. The first kappa shape index (κ1) is 13.6. The van der Waals surface area contributed by atoms with E-state index in [0.29, 0.717) is 6.61 Å². The van der Waals surface area contributed by atoms with Crippen molar-refractivity contribution in [2.24, 2.45) is 0 Å². The molecular formula is C14H20O3. The van der Waals surface area contributed by atoms with Crippen LogP contribution in [0, 0.1) is 0 Å². The SMILES string of the molecule is CCCOC(=O)OC(CCC)c1ccccc1. The Balaban J connectivity index is 2.57. The lowest BCUT2D eigenvalue weighted by Gasteiger charge is -2.17. The van der Waals surface area contributed by atoms with Gasteiger partial charge in [-0.1, -0.05) is 50.6 Å². The zero-order valence-electron chi connectivity index (χ0n) is 10.5. The van der Waals surface area contributed by atoms with Gasteiger partial charge in [0.2, 0.25) is 0 Å². The van der Waals surface area contributed by atoms with Gasteiger partial charge in [0.15, 0.2) is 0 Å². The highest BCUT2D eigenvalue weighted by atomic mass is 16.7. The summed E-state index contributed by atoms with van der Waals surface area (Å²) in [5.74, 6) is 0. The van der Waals surface area contributed by atoms with Crippen LogP contribution in [0.5, 0.6) is 0 Å². The number of benzene rings is 1. The average molecular weight is 236 g/mol. The van der Waals surface area contributed by atoms with Gasteiger partial charge in [-0.2, -0.15) is 0 Å². The molecule has 3 nitrogen and oxygen atoms in total. The van der Waals surface area contributed by atoms with Crippen LogP contribution >= 0.6 is 0 Å². The minimum absolute atomic E-state index is 0.203. The molecule has 0 saturated heterocycles. The van der Waals surface area contributed by atoms with Crippen LogP contribution in [0.3, 0.4) is 0 Å². The number of hydrogen-bond donors (Lipinski definition) is 0. The highest BCUT2D eigenvalue weighted by Crippen LogP contribution is 2.22. The molecular weight excluding hydrogens is 216 g/mol. The van der Waals surface area contributed by atoms with E-state index in [1.165, 1.54) is 0 Å². The van der Waals surface area contributed by atoms with Gasteiger partial charge in [-0.3, -0.25) is 0 Å². The molecule has 1 aromatic rings. The van der Waals surface area contributed by atoms with Crippen molar-refractivity contribution in [3.8, 4) is 0 Å². The Morgan fingerprint density at radius 1 is 1.18 bits per heavy atom. The number of ether oxygens (including phenoxy) is 2. The van der Waals surface area contributed by atoms with Crippen molar-refractivity contribution < 1.29 is 14.3 Å². The molecule has 0 heterocycles. The molecule has 1 rings (SSSR count). The van der Waals surface area contributed by atoms with E-state index in [0.717, 1.165) is 24.8 Å². The molecule has 0 N–H and O–H groups in total. The summed E-state index contributed by atoms with van der Waals surface area (Å²) in [6.07, 6.45) is 1.80. The lowest BCUT2D eigenvalue weighted by molar-refractivity contribution is 0.0197. The second kappa shape index (κ2) is 7.71. The zero-order chi connectivity index (χ0) is 12.5. The van der Waals surface area contributed by atoms with Crippen molar-refractivity contribution in [1.29, 1.82) is 0 Å². The van der Waals surface area contributed by atoms with Gasteiger partial charge in [0.05, 0.1) is 6.61 Å². The van der Waals surface area contributed by atoms with Crippen molar-refractivity contribution in [3.63, 3.8) is 0 Å². The Hall–Kier alpha value is -1.51. The maximum Gasteiger partial charge on any atom is 0.508 e. The third kappa shape index (κ3) is 4.89. The van der Waals surface area contributed by atoms with Crippen molar-refractivity contribution in [2.45, 2.75) is 39.2 Å². The minimum Gasteiger partial charge on any atom is -0.434 e. The third-order valence-electron chi connectivity index (χ3n) is 2.38. The standard InChI is InChI=1S/C14H20O3/c1-3-8-13(12-9-6-5-7-10-12)17-14(15)16-11-4-2/h5-7,9-10,13H,3-4,8,11H2,1-2H3. The molecule has 1 aromatic carbocycles. The largest absolute Gasteiger partial charge is 0.508 e. The number of hydrogen-bond acceptors (Lipinski definition) is 3. The molecule has 0 aliphatic heterocycles. The lowest BCUT2D eigenvalue weighted by Crippen LogP contribution is -2.13. The second-order valence-electron chi connectivity index (χ2n) is 3.90. The Bertz CT molecular complexity index is 321. The van der Waals surface area contributed by atoms with Gasteiger partial charge in [-0.15, -0.1) is 0 Å². The Labute approximate surface area is 103 Å². The van der Waals surface area contributed by atoms with Gasteiger partial charge < -0.3 is 9.47 Å². The molecule has 1 atom stereocenters. The third-order valence-corrected chi connectivity index (χ3v) is 2.38. The van der Waals surface area contributed by atoms with E-state index < -0.39 is 6.16 Å². The Kier molecular flexibility index (Phi) is 6.15. The summed E-state index contributed by atoms with van der Waals surface area (Å²) < 4.78 is 10.2. The van der Waals surface area contributed by atoms with E-state index in [-0.39, 0.29) is 6.10 Å². The highest BCUT2D eigenvalue weighted by molar-refractivity contribution is 5.60. The van der Waals surface area contributed by atoms with E-state index in [1.807, 2.05) is 37.3 Å². The van der Waals surface area contributed by atoms with Gasteiger partial charge in [-0.25, -0.2) is 4.79 Å². The summed E-state index contributed by atoms with van der Waals surface area (Å²) in [4.78, 5) is 11.4. The molecule has 17 heavy (non-hydrogen) atoms. The van der Waals surface area contributed by atoms with Crippen LogP contribution < -0.4 is 0 Å². The van der Waals surface area contributed by atoms with Crippen LogP contribution in [0.2, 0.25) is 0 Å². The van der Waals surface area contributed by atoms with Crippen molar-refractivity contribution in [1.82, 2.24) is 0 Å². The molecule has 0 bridgehead atoms. The molecule has 0 aliphatic carbocycles. The number of carbonyl (C=O) groups is 1. The normalized spacial score (nSPS) is 11.9. The van der Waals surface area contributed by atoms with Gasteiger partial charge in [0.25, 0.3) is 0 Å². The molecule has 0 saturated carbocycles. The van der Waals surface area contributed by atoms with E-state index >= 15 is 0 Å². The van der Waals surface area contributed by atoms with Crippen molar-refractivity contribution in [3.05, 3.63) is 35.9 Å². The second-order valence-corrected chi connectivity index (χ2v) is 3.90. The lowest BCUT2D eigenvalue weighted by atomic mass is 10.1. The van der Waals surface area contributed by atoms with Gasteiger partial charge in [0.1, 0.15) is 6.10 Å². The van der Waals surface area contributed by atoms with Crippen molar-refractivity contribution in [2.75, 3.05) is 6.61 Å². The van der Waals surface area contributed by atoms with Crippen LogP contribution in [-0.2, 0) is 9.47 Å². The predicted octanol–water partition coefficient (Wildman–Crippen LogP) is 4.09. The Morgan fingerprint density at radius 3 is 2.47 bits per heavy atom. The maximum atomic E-state index is 11.4. The quantitative estimate of drug-likeness (QED) is 0.698. The van der Waals surface area contributed by atoms with E-state index in [2.05, 4.69) is 6.92 Å². The average Bonchev–Trinajstić information content (AvgIpc) is 2.37. The maximum absolute atomic E-state index is 11.4. The summed E-state index contributed by atoms with van der Waals surface area (Å²) in [5, 5.41) is 0. The fraction of sp³-hybridized carbons (Fsp3) is 0.500. The van der Waals surface area contributed by atoms with Crippen LogP contribution in [0.15, 0.2) is 30.3 Å². The minimum atomic E-state index is -0.575. The molecule has 0 aliphatic rings. The predicted molar refractivity (Wildman–Crippen MR) is 66.8 cm³/mol. The smallest absolute Gasteiger partial charge is 0.434 e. The first-order chi connectivity index (χ1) is 8.27. The van der Waals surface area contributed by atoms with E-state index in [9.17, 15) is 4.79 Å². The molecule has 0 fully saturated rings. The molecule has 0 radical (unpaired) electrons. The first-order valence-corrected chi connectivity index (χ1v) is 6.16. The van der Waals surface area contributed by atoms with E-state index in [4.69, 9.17) is 9.47 Å². The summed E-state index contributed by atoms with van der Waals surface area (Å²) >= 11 is 0. The summed E-state index contributed by atoms with van der Waals surface area (Å²) in [6.45, 7) is 4.43.